The molecule has 1 aliphatic heterocycles. The highest BCUT2D eigenvalue weighted by Gasteiger charge is 2.53. The molecule has 5 atom stereocenters. The molecule has 0 spiro atoms. The smallest absolute Gasteiger partial charge is 0.351 e. The zero-order chi connectivity index (χ0) is 23.3. The summed E-state index contributed by atoms with van der Waals surface area (Å²) >= 11 is 0. The highest BCUT2D eigenvalue weighted by atomic mass is 16.7. The number of ether oxygens (including phenoxy) is 5. The molecule has 1 aliphatic rings. The second-order valence-electron chi connectivity index (χ2n) is 6.63. The van der Waals surface area contributed by atoms with Gasteiger partial charge in [0.2, 0.25) is 0 Å². The van der Waals surface area contributed by atoms with E-state index in [0.29, 0.717) is 0 Å². The van der Waals surface area contributed by atoms with Gasteiger partial charge in [0, 0.05) is 33.9 Å². The molecule has 2 N–H and O–H groups in total. The van der Waals surface area contributed by atoms with Crippen LogP contribution in [0.3, 0.4) is 0 Å². The van der Waals surface area contributed by atoms with E-state index in [1.54, 1.807) is 0 Å². The van der Waals surface area contributed by atoms with Crippen LogP contribution in [0.25, 0.3) is 0 Å². The number of hydrogen-bond donors (Lipinski definition) is 1. The second kappa shape index (κ2) is 10.0. The van der Waals surface area contributed by atoms with E-state index in [9.17, 15) is 24.0 Å². The molecule has 170 valence electrons. The van der Waals surface area contributed by atoms with Gasteiger partial charge in [-0.25, -0.2) is 4.79 Å². The maximum absolute atomic E-state index is 12.4. The minimum absolute atomic E-state index is 0.0631. The first-order chi connectivity index (χ1) is 14.5. The number of nitrogen functional groups attached to an aromatic ring is 1. The Hall–Kier alpha value is -3.48. The molecule has 1 unspecified atom stereocenters. The third-order valence-corrected chi connectivity index (χ3v) is 4.09. The van der Waals surface area contributed by atoms with Crippen LogP contribution in [0, 0.1) is 0 Å². The lowest BCUT2D eigenvalue weighted by Crippen LogP contribution is -2.61. The van der Waals surface area contributed by atoms with Crippen molar-refractivity contribution in [1.82, 2.24) is 9.55 Å². The van der Waals surface area contributed by atoms with E-state index in [4.69, 9.17) is 29.4 Å². The predicted molar refractivity (Wildman–Crippen MR) is 100 cm³/mol. The maximum Gasteiger partial charge on any atom is 0.351 e. The number of aromatic nitrogens is 2. The normalized spacial score (nSPS) is 25.2. The first kappa shape index (κ1) is 23.8. The fraction of sp³-hybridized carbons (Fsp3) is 0.556. The van der Waals surface area contributed by atoms with Gasteiger partial charge in [0.15, 0.2) is 24.5 Å². The summed E-state index contributed by atoms with van der Waals surface area (Å²) in [7, 11) is 0. The number of anilines is 1. The molecular weight excluding hydrogens is 418 g/mol. The standard InChI is InChI=1S/C18H23N3O10/c1-8(22)27-7-12-14(28-9(2)23)15(29-10(3)24)16(30-11(4)25)17(31-12)21-6-5-13(19)20-18(21)26/h5-6,12,14-17H,7H2,1-4H3,(H2,19,20,26)/t12-,14-,15+,16-,17?/m1/s1. The molecule has 13 nitrogen and oxygen atoms in total. The van der Waals surface area contributed by atoms with Crippen molar-refractivity contribution in [2.24, 2.45) is 0 Å². The van der Waals surface area contributed by atoms with Crippen LogP contribution >= 0.6 is 0 Å². The zero-order valence-electron chi connectivity index (χ0n) is 17.3. The molecule has 0 saturated carbocycles. The summed E-state index contributed by atoms with van der Waals surface area (Å²) in [6.45, 7) is 4.04. The Kier molecular flexibility index (Phi) is 7.69. The Bertz CT molecular complexity index is 914. The van der Waals surface area contributed by atoms with Crippen LogP contribution in [0.1, 0.15) is 33.9 Å². The lowest BCUT2D eigenvalue weighted by atomic mass is 9.97. The van der Waals surface area contributed by atoms with E-state index in [-0.39, 0.29) is 5.82 Å². The first-order valence-electron chi connectivity index (χ1n) is 9.14. The Balaban J connectivity index is 2.59. The van der Waals surface area contributed by atoms with Gasteiger partial charge in [-0.1, -0.05) is 0 Å². The summed E-state index contributed by atoms with van der Waals surface area (Å²) in [5, 5.41) is 0. The molecule has 2 rings (SSSR count). The third kappa shape index (κ3) is 6.25. The van der Waals surface area contributed by atoms with Gasteiger partial charge in [-0.15, -0.1) is 0 Å². The van der Waals surface area contributed by atoms with Crippen LogP contribution in [-0.4, -0.2) is 64.5 Å². The fourth-order valence-corrected chi connectivity index (χ4v) is 3.05. The maximum atomic E-state index is 12.4. The van der Waals surface area contributed by atoms with Crippen molar-refractivity contribution >= 4 is 29.7 Å². The van der Waals surface area contributed by atoms with Crippen LogP contribution in [-0.2, 0) is 42.9 Å². The highest BCUT2D eigenvalue weighted by molar-refractivity contribution is 5.68. The number of hydrogen-bond acceptors (Lipinski definition) is 12. The quantitative estimate of drug-likeness (QED) is 0.425. The number of esters is 4. The summed E-state index contributed by atoms with van der Waals surface area (Å²) in [5.74, 6) is -3.04. The third-order valence-electron chi connectivity index (χ3n) is 4.09. The van der Waals surface area contributed by atoms with Crippen molar-refractivity contribution in [2.75, 3.05) is 12.3 Å². The van der Waals surface area contributed by atoms with Crippen molar-refractivity contribution in [3.63, 3.8) is 0 Å². The molecule has 13 heteroatoms. The monoisotopic (exact) mass is 441 g/mol. The van der Waals surface area contributed by atoms with E-state index < -0.39 is 66.8 Å². The van der Waals surface area contributed by atoms with E-state index in [1.807, 2.05) is 0 Å². The predicted octanol–water partition coefficient (Wildman–Crippen LogP) is -0.919. The molecule has 1 fully saturated rings. The van der Waals surface area contributed by atoms with Crippen LogP contribution in [0.15, 0.2) is 17.1 Å². The summed E-state index contributed by atoms with van der Waals surface area (Å²) in [4.78, 5) is 62.5. The van der Waals surface area contributed by atoms with Crippen molar-refractivity contribution in [3.8, 4) is 0 Å². The molecule has 31 heavy (non-hydrogen) atoms. The minimum atomic E-state index is -1.41. The van der Waals surface area contributed by atoms with Gasteiger partial charge in [-0.3, -0.25) is 23.7 Å². The van der Waals surface area contributed by atoms with Gasteiger partial charge in [0.05, 0.1) is 0 Å². The molecule has 1 aromatic heterocycles. The Morgan fingerprint density at radius 1 is 0.968 bits per heavy atom. The van der Waals surface area contributed by atoms with Gasteiger partial charge in [-0.2, -0.15) is 4.98 Å². The van der Waals surface area contributed by atoms with Crippen LogP contribution < -0.4 is 11.4 Å². The molecule has 0 amide bonds. The van der Waals surface area contributed by atoms with Crippen LogP contribution in [0.2, 0.25) is 0 Å². The Morgan fingerprint density at radius 3 is 2.03 bits per heavy atom. The molecule has 0 aromatic carbocycles. The summed E-state index contributed by atoms with van der Waals surface area (Å²) < 4.78 is 27.6. The summed E-state index contributed by atoms with van der Waals surface area (Å²) in [5.41, 5.74) is 4.67. The van der Waals surface area contributed by atoms with E-state index in [0.717, 1.165) is 32.3 Å². The number of nitrogens with zero attached hydrogens (tertiary/aromatic N) is 2. The SMILES string of the molecule is CC(=O)OC[C@H]1OC(n2ccc(N)nc2=O)[C@H](OC(C)=O)[C@@H](OC(C)=O)[C@@H]1OC(C)=O. The Labute approximate surface area is 176 Å². The largest absolute Gasteiger partial charge is 0.463 e. The number of carbonyl (C=O) groups excluding carboxylic acids is 4. The molecule has 2 heterocycles. The van der Waals surface area contributed by atoms with Gasteiger partial charge in [-0.05, 0) is 6.07 Å². The summed E-state index contributed by atoms with van der Waals surface area (Å²) in [6.07, 6.45) is -5.44. The molecule has 0 radical (unpaired) electrons. The molecular formula is C18H23N3O10. The number of carbonyl (C=O) groups is 4. The average Bonchev–Trinajstić information content (AvgIpc) is 2.63. The van der Waals surface area contributed by atoms with Gasteiger partial charge >= 0.3 is 29.6 Å². The lowest BCUT2D eigenvalue weighted by molar-refractivity contribution is -0.269. The second-order valence-corrected chi connectivity index (χ2v) is 6.63. The zero-order valence-corrected chi connectivity index (χ0v) is 17.3. The molecule has 1 saturated heterocycles. The first-order valence-corrected chi connectivity index (χ1v) is 9.14. The fourth-order valence-electron chi connectivity index (χ4n) is 3.05. The molecule has 0 aliphatic carbocycles. The van der Waals surface area contributed by atoms with Crippen molar-refractivity contribution in [1.29, 1.82) is 0 Å². The average molecular weight is 441 g/mol. The van der Waals surface area contributed by atoms with Crippen LogP contribution in [0.5, 0.6) is 0 Å². The van der Waals surface area contributed by atoms with E-state index in [2.05, 4.69) is 4.98 Å². The van der Waals surface area contributed by atoms with Crippen molar-refractivity contribution < 1.29 is 42.9 Å². The number of rotatable bonds is 6. The van der Waals surface area contributed by atoms with Gasteiger partial charge in [0.1, 0.15) is 18.5 Å². The number of nitrogens with two attached hydrogens (primary N) is 1. The van der Waals surface area contributed by atoms with Gasteiger partial charge in [0.25, 0.3) is 0 Å². The Morgan fingerprint density at radius 2 is 1.52 bits per heavy atom. The topological polar surface area (TPSA) is 175 Å². The molecule has 0 bridgehead atoms. The highest BCUT2D eigenvalue weighted by Crippen LogP contribution is 2.34. The minimum Gasteiger partial charge on any atom is -0.463 e. The molecule has 1 aromatic rings. The van der Waals surface area contributed by atoms with Crippen molar-refractivity contribution in [3.05, 3.63) is 22.7 Å². The van der Waals surface area contributed by atoms with E-state index >= 15 is 0 Å². The van der Waals surface area contributed by atoms with Crippen LogP contribution in [0.4, 0.5) is 5.82 Å². The lowest BCUT2D eigenvalue weighted by Gasteiger charge is -2.44. The summed E-state index contributed by atoms with van der Waals surface area (Å²) in [6, 6.07) is 1.30. The van der Waals surface area contributed by atoms with E-state index in [1.165, 1.54) is 12.3 Å². The van der Waals surface area contributed by atoms with Crippen molar-refractivity contribution in [2.45, 2.75) is 58.3 Å². The van der Waals surface area contributed by atoms with Gasteiger partial charge < -0.3 is 29.4 Å².